The number of aliphatic hydroxyl groups is 1. The van der Waals surface area contributed by atoms with Crippen LogP contribution in [0.5, 0.6) is 11.5 Å². The molecule has 0 heterocycles. The van der Waals surface area contributed by atoms with Crippen LogP contribution in [0.4, 0.5) is 0 Å². The lowest BCUT2D eigenvalue weighted by atomic mass is 9.81. The predicted molar refractivity (Wildman–Crippen MR) is 122 cm³/mol. The molecule has 0 radical (unpaired) electrons. The third-order valence-corrected chi connectivity index (χ3v) is 6.33. The number of hydrogen-bond acceptors (Lipinski definition) is 7. The van der Waals surface area contributed by atoms with Crippen LogP contribution >= 0.6 is 0 Å². The maximum atomic E-state index is 12.7. The first-order valence-electron chi connectivity index (χ1n) is 10.4. The zero-order valence-electron chi connectivity index (χ0n) is 18.4. The summed E-state index contributed by atoms with van der Waals surface area (Å²) in [7, 11) is -3.26. The van der Waals surface area contributed by atoms with Gasteiger partial charge in [-0.05, 0) is 61.2 Å². The van der Waals surface area contributed by atoms with Gasteiger partial charge in [-0.25, -0.2) is 8.42 Å². The van der Waals surface area contributed by atoms with E-state index in [1.807, 2.05) is 26.0 Å². The number of aliphatic hydroxyl groups excluding tert-OH is 1. The third-order valence-electron chi connectivity index (χ3n) is 5.21. The molecule has 0 saturated heterocycles. The van der Waals surface area contributed by atoms with Crippen molar-refractivity contribution in [2.24, 2.45) is 5.16 Å². The number of nitrogens with zero attached hydrogens (tertiary/aromatic N) is 1. The Morgan fingerprint density at radius 1 is 1.03 bits per heavy atom. The van der Waals surface area contributed by atoms with Gasteiger partial charge in [0.25, 0.3) is 0 Å². The number of ketones is 1. The van der Waals surface area contributed by atoms with Crippen molar-refractivity contribution in [3.8, 4) is 11.5 Å². The largest absolute Gasteiger partial charge is 0.511 e. The number of carbonyl (C=O) groups excluding carboxylic acids is 1. The van der Waals surface area contributed by atoms with Gasteiger partial charge < -0.3 is 14.7 Å². The summed E-state index contributed by atoms with van der Waals surface area (Å²) in [5.41, 5.74) is 1.66. The smallest absolute Gasteiger partial charge is 0.175 e. The molecule has 32 heavy (non-hydrogen) atoms. The Bertz CT molecular complexity index is 1130. The Labute approximate surface area is 188 Å². The Morgan fingerprint density at radius 3 is 2.12 bits per heavy atom. The quantitative estimate of drug-likeness (QED) is 0.445. The number of ether oxygens (including phenoxy) is 1. The van der Waals surface area contributed by atoms with Gasteiger partial charge in [0.15, 0.2) is 15.6 Å². The molecule has 3 rings (SSSR count). The fourth-order valence-electron chi connectivity index (χ4n) is 3.59. The summed E-state index contributed by atoms with van der Waals surface area (Å²) in [5, 5.41) is 14.5. The first-order valence-corrected chi connectivity index (χ1v) is 12.3. The highest BCUT2D eigenvalue weighted by Gasteiger charge is 2.31. The summed E-state index contributed by atoms with van der Waals surface area (Å²) in [5.74, 6) is 0.854. The second-order valence-corrected chi connectivity index (χ2v) is 9.59. The van der Waals surface area contributed by atoms with Crippen molar-refractivity contribution in [3.05, 3.63) is 65.4 Å². The number of allylic oxidation sites excluding steroid dienone is 2. The topological polar surface area (TPSA) is 102 Å². The summed E-state index contributed by atoms with van der Waals surface area (Å²) in [6.45, 7) is 4.07. The Hall–Kier alpha value is -3.13. The molecule has 0 spiro atoms. The Kier molecular flexibility index (Phi) is 7.35. The average molecular weight is 458 g/mol. The minimum absolute atomic E-state index is 0.0397. The monoisotopic (exact) mass is 457 g/mol. The maximum Gasteiger partial charge on any atom is 0.175 e. The minimum Gasteiger partial charge on any atom is -0.511 e. The molecule has 0 saturated carbocycles. The lowest BCUT2D eigenvalue weighted by molar-refractivity contribution is -0.116. The molecule has 1 atom stereocenters. The molecule has 1 N–H and O–H groups in total. The highest BCUT2D eigenvalue weighted by Crippen LogP contribution is 2.35. The number of rotatable bonds is 8. The van der Waals surface area contributed by atoms with Gasteiger partial charge in [0.2, 0.25) is 0 Å². The minimum atomic E-state index is -3.26. The summed E-state index contributed by atoms with van der Waals surface area (Å²) in [4.78, 5) is 18.0. The van der Waals surface area contributed by atoms with Crippen LogP contribution < -0.4 is 4.74 Å². The number of sulfone groups is 1. The zero-order valence-corrected chi connectivity index (χ0v) is 19.2. The molecular weight excluding hydrogens is 430 g/mol. The Balaban J connectivity index is 1.72. The van der Waals surface area contributed by atoms with Crippen LogP contribution in [0.15, 0.2) is 69.9 Å². The van der Waals surface area contributed by atoms with Crippen molar-refractivity contribution < 1.29 is 27.9 Å². The standard InChI is InChI=1S/C24H27NO6S/c1-4-21(25-30-5-2)24-22(26)14-17(15-23(24)27)16-6-8-18(9-7-16)31-19-10-12-20(13-11-19)32(3,28)29/h6-13,17,26H,4-5,14-15H2,1-3H3/b25-21-. The third kappa shape index (κ3) is 5.56. The number of Topliss-reactive ketones (excluding diaryl/α,β-unsaturated/α-hetero) is 1. The van der Waals surface area contributed by atoms with Crippen LogP contribution in [0, 0.1) is 0 Å². The molecule has 170 valence electrons. The van der Waals surface area contributed by atoms with Gasteiger partial charge >= 0.3 is 0 Å². The van der Waals surface area contributed by atoms with Crippen molar-refractivity contribution in [2.75, 3.05) is 12.9 Å². The molecule has 0 aliphatic heterocycles. The maximum absolute atomic E-state index is 12.7. The van der Waals surface area contributed by atoms with Crippen LogP contribution in [0.2, 0.25) is 0 Å². The van der Waals surface area contributed by atoms with Gasteiger partial charge in [-0.1, -0.05) is 24.2 Å². The number of hydrogen-bond donors (Lipinski definition) is 1. The molecule has 0 fully saturated rings. The van der Waals surface area contributed by atoms with E-state index in [-0.39, 0.29) is 34.3 Å². The van der Waals surface area contributed by atoms with Crippen LogP contribution in [0.3, 0.4) is 0 Å². The second-order valence-electron chi connectivity index (χ2n) is 7.57. The van der Waals surface area contributed by atoms with E-state index in [1.165, 1.54) is 12.1 Å². The molecule has 2 aromatic rings. The molecule has 1 unspecified atom stereocenters. The van der Waals surface area contributed by atoms with E-state index in [4.69, 9.17) is 9.57 Å². The van der Waals surface area contributed by atoms with E-state index in [2.05, 4.69) is 5.16 Å². The molecule has 0 amide bonds. The molecule has 1 aliphatic rings. The molecule has 7 nitrogen and oxygen atoms in total. The normalized spacial score (nSPS) is 17.4. The predicted octanol–water partition coefficient (Wildman–Crippen LogP) is 4.94. The van der Waals surface area contributed by atoms with Gasteiger partial charge in [0.05, 0.1) is 16.2 Å². The SMILES string of the molecule is CCO/N=C(/CC)C1=C(O)CC(c2ccc(Oc3ccc(S(C)(=O)=O)cc3)cc2)CC1=O. The van der Waals surface area contributed by atoms with E-state index >= 15 is 0 Å². The van der Waals surface area contributed by atoms with Crippen LogP contribution in [-0.2, 0) is 19.5 Å². The van der Waals surface area contributed by atoms with Crippen LogP contribution in [-0.4, -0.2) is 37.9 Å². The summed E-state index contributed by atoms with van der Waals surface area (Å²) >= 11 is 0. The molecule has 1 aliphatic carbocycles. The van der Waals surface area contributed by atoms with Crippen molar-refractivity contribution >= 4 is 21.3 Å². The van der Waals surface area contributed by atoms with E-state index in [1.54, 1.807) is 24.3 Å². The second kappa shape index (κ2) is 9.99. The number of carbonyl (C=O) groups is 1. The van der Waals surface area contributed by atoms with Crippen molar-refractivity contribution in [1.82, 2.24) is 0 Å². The average Bonchev–Trinajstić information content (AvgIpc) is 2.75. The summed E-state index contributed by atoms with van der Waals surface area (Å²) < 4.78 is 28.9. The van der Waals surface area contributed by atoms with Gasteiger partial charge in [-0.3, -0.25) is 4.79 Å². The van der Waals surface area contributed by atoms with Crippen LogP contribution in [0.25, 0.3) is 0 Å². The van der Waals surface area contributed by atoms with Crippen LogP contribution in [0.1, 0.15) is 44.6 Å². The fraction of sp³-hybridized carbons (Fsp3) is 0.333. The Morgan fingerprint density at radius 2 is 1.62 bits per heavy atom. The van der Waals surface area contributed by atoms with Crippen molar-refractivity contribution in [3.63, 3.8) is 0 Å². The molecule has 0 aromatic heterocycles. The van der Waals surface area contributed by atoms with Gasteiger partial charge in [0.1, 0.15) is 23.9 Å². The van der Waals surface area contributed by atoms with Crippen molar-refractivity contribution in [1.29, 1.82) is 0 Å². The summed E-state index contributed by atoms with van der Waals surface area (Å²) in [6, 6.07) is 13.5. The molecule has 0 bridgehead atoms. The lowest BCUT2D eigenvalue weighted by Crippen LogP contribution is -2.23. The highest BCUT2D eigenvalue weighted by molar-refractivity contribution is 7.90. The van der Waals surface area contributed by atoms with Gasteiger partial charge in [0, 0.05) is 19.1 Å². The number of oxime groups is 1. The van der Waals surface area contributed by atoms with E-state index in [0.29, 0.717) is 36.7 Å². The fourth-order valence-corrected chi connectivity index (χ4v) is 4.22. The van der Waals surface area contributed by atoms with E-state index in [0.717, 1.165) is 11.8 Å². The van der Waals surface area contributed by atoms with Gasteiger partial charge in [-0.15, -0.1) is 0 Å². The number of benzene rings is 2. The molecule has 2 aromatic carbocycles. The molecule has 8 heteroatoms. The van der Waals surface area contributed by atoms with Gasteiger partial charge in [-0.2, -0.15) is 0 Å². The zero-order chi connectivity index (χ0) is 23.3. The summed E-state index contributed by atoms with van der Waals surface area (Å²) in [6.07, 6.45) is 2.27. The highest BCUT2D eigenvalue weighted by atomic mass is 32.2. The lowest BCUT2D eigenvalue weighted by Gasteiger charge is -2.24. The van der Waals surface area contributed by atoms with Crippen molar-refractivity contribution in [2.45, 2.75) is 43.9 Å². The van der Waals surface area contributed by atoms with E-state index < -0.39 is 9.84 Å². The van der Waals surface area contributed by atoms with E-state index in [9.17, 15) is 18.3 Å². The first-order chi connectivity index (χ1) is 15.2. The molecular formula is C24H27NO6S. The first kappa shape index (κ1) is 23.5.